The highest BCUT2D eigenvalue weighted by Crippen LogP contribution is 2.15. The molecule has 3 aromatic rings. The van der Waals surface area contributed by atoms with Gasteiger partial charge in [0.05, 0.1) is 15.4 Å². The maximum absolute atomic E-state index is 12.3. The number of amides is 2. The number of carbonyl (C=O) groups excluding carboxylic acids is 2. The van der Waals surface area contributed by atoms with E-state index in [4.69, 9.17) is 10.3 Å². The van der Waals surface area contributed by atoms with E-state index in [1.165, 1.54) is 66.9 Å². The van der Waals surface area contributed by atoms with Gasteiger partial charge < -0.3 is 10.6 Å². The van der Waals surface area contributed by atoms with Crippen LogP contribution >= 0.6 is 0 Å². The summed E-state index contributed by atoms with van der Waals surface area (Å²) in [6, 6.07) is 13.3. The lowest BCUT2D eigenvalue weighted by molar-refractivity contribution is 0.101. The molecule has 0 bridgehead atoms. The number of pyridine rings is 1. The number of carbonyl (C=O) groups is 2. The molecule has 0 aliphatic heterocycles. The number of anilines is 2. The second-order valence-corrected chi connectivity index (χ2v) is 9.60. The SMILES string of the molecule is NS(=O)(=O)c1ccc(NC(=O)c2ccc(C(=O)Nc3ccc(S(N)(=O)=O)cc3)nc2)cc1. The molecule has 0 aliphatic rings. The quantitative estimate of drug-likeness (QED) is 0.406. The van der Waals surface area contributed by atoms with Crippen LogP contribution in [-0.4, -0.2) is 33.6 Å². The first-order valence-corrected chi connectivity index (χ1v) is 11.9. The highest BCUT2D eigenvalue weighted by Gasteiger charge is 2.13. The van der Waals surface area contributed by atoms with Crippen LogP contribution in [0, 0.1) is 0 Å². The van der Waals surface area contributed by atoms with Crippen molar-refractivity contribution in [1.82, 2.24) is 4.98 Å². The number of primary sulfonamides is 2. The molecule has 6 N–H and O–H groups in total. The number of rotatable bonds is 6. The summed E-state index contributed by atoms with van der Waals surface area (Å²) in [6.45, 7) is 0. The van der Waals surface area contributed by atoms with Crippen molar-refractivity contribution in [2.24, 2.45) is 10.3 Å². The van der Waals surface area contributed by atoms with Crippen LogP contribution in [-0.2, 0) is 20.0 Å². The summed E-state index contributed by atoms with van der Waals surface area (Å²) in [5.41, 5.74) is 0.852. The summed E-state index contributed by atoms with van der Waals surface area (Å²) in [4.78, 5) is 28.4. The number of hydrogen-bond acceptors (Lipinski definition) is 7. The standard InChI is InChI=1S/C19H17N5O6S2/c20-31(27,28)15-6-2-13(3-7-15)23-18(25)12-1-10-17(22-11-12)19(26)24-14-4-8-16(9-5-14)32(21,29)30/h1-11H,(H,23,25)(H,24,26)(H2,20,27,28)(H2,21,29,30). The number of hydrogen-bond donors (Lipinski definition) is 4. The number of benzene rings is 2. The van der Waals surface area contributed by atoms with E-state index < -0.39 is 31.9 Å². The molecular weight excluding hydrogens is 458 g/mol. The highest BCUT2D eigenvalue weighted by molar-refractivity contribution is 7.89. The van der Waals surface area contributed by atoms with Crippen LogP contribution in [0.3, 0.4) is 0 Å². The molecule has 2 aromatic carbocycles. The molecule has 11 nitrogen and oxygen atoms in total. The predicted octanol–water partition coefficient (Wildman–Crippen LogP) is 0.881. The minimum Gasteiger partial charge on any atom is -0.322 e. The van der Waals surface area contributed by atoms with Gasteiger partial charge in [0.2, 0.25) is 20.0 Å². The fourth-order valence-corrected chi connectivity index (χ4v) is 3.55. The summed E-state index contributed by atoms with van der Waals surface area (Å²) < 4.78 is 45.1. The van der Waals surface area contributed by atoms with E-state index in [1.807, 2.05) is 0 Å². The van der Waals surface area contributed by atoms with Gasteiger partial charge in [0.15, 0.2) is 0 Å². The summed E-state index contributed by atoms with van der Waals surface area (Å²) in [5, 5.41) is 15.2. The first-order chi connectivity index (χ1) is 14.9. The number of nitrogens with zero attached hydrogens (tertiary/aromatic N) is 1. The van der Waals surface area contributed by atoms with Crippen LogP contribution in [0.4, 0.5) is 11.4 Å². The van der Waals surface area contributed by atoms with Crippen molar-refractivity contribution < 1.29 is 26.4 Å². The van der Waals surface area contributed by atoms with E-state index in [1.54, 1.807) is 0 Å². The number of sulfonamides is 2. The number of aromatic nitrogens is 1. The van der Waals surface area contributed by atoms with Crippen molar-refractivity contribution in [2.75, 3.05) is 10.6 Å². The van der Waals surface area contributed by atoms with Gasteiger partial charge in [-0.15, -0.1) is 0 Å². The van der Waals surface area contributed by atoms with E-state index in [0.29, 0.717) is 11.4 Å². The molecule has 166 valence electrons. The second-order valence-electron chi connectivity index (χ2n) is 6.48. The molecule has 0 unspecified atom stereocenters. The van der Waals surface area contributed by atoms with Gasteiger partial charge in [-0.3, -0.25) is 14.6 Å². The van der Waals surface area contributed by atoms with Crippen LogP contribution in [0.5, 0.6) is 0 Å². The fraction of sp³-hybridized carbons (Fsp3) is 0. The molecule has 0 spiro atoms. The average Bonchev–Trinajstić information content (AvgIpc) is 2.73. The molecule has 1 heterocycles. The smallest absolute Gasteiger partial charge is 0.274 e. The summed E-state index contributed by atoms with van der Waals surface area (Å²) in [6.07, 6.45) is 1.20. The Kier molecular flexibility index (Phi) is 6.36. The van der Waals surface area contributed by atoms with Gasteiger partial charge in [-0.2, -0.15) is 0 Å². The first-order valence-electron chi connectivity index (χ1n) is 8.78. The average molecular weight is 476 g/mol. The van der Waals surface area contributed by atoms with Crippen molar-refractivity contribution in [1.29, 1.82) is 0 Å². The van der Waals surface area contributed by atoms with Gasteiger partial charge >= 0.3 is 0 Å². The summed E-state index contributed by atoms with van der Waals surface area (Å²) in [7, 11) is -7.68. The normalized spacial score (nSPS) is 11.6. The Morgan fingerprint density at radius 2 is 1.09 bits per heavy atom. The number of nitrogens with two attached hydrogens (primary N) is 2. The van der Waals surface area contributed by atoms with Gasteiger partial charge in [-0.1, -0.05) is 0 Å². The van der Waals surface area contributed by atoms with Crippen molar-refractivity contribution in [2.45, 2.75) is 9.79 Å². The minimum atomic E-state index is -3.84. The molecule has 32 heavy (non-hydrogen) atoms. The molecule has 0 fully saturated rings. The van der Waals surface area contributed by atoms with Crippen LogP contribution < -0.4 is 20.9 Å². The minimum absolute atomic E-state index is 0.0228. The van der Waals surface area contributed by atoms with E-state index in [-0.39, 0.29) is 21.0 Å². The van der Waals surface area contributed by atoms with E-state index in [2.05, 4.69) is 15.6 Å². The molecule has 2 amide bonds. The Hall–Kier alpha value is -3.65. The molecule has 0 saturated carbocycles. The van der Waals surface area contributed by atoms with Crippen LogP contribution in [0.2, 0.25) is 0 Å². The van der Waals surface area contributed by atoms with Crippen molar-refractivity contribution in [3.05, 3.63) is 78.1 Å². The lowest BCUT2D eigenvalue weighted by atomic mass is 10.2. The zero-order chi connectivity index (χ0) is 23.5. The zero-order valence-corrected chi connectivity index (χ0v) is 17.9. The predicted molar refractivity (Wildman–Crippen MR) is 116 cm³/mol. The summed E-state index contributed by atoms with van der Waals surface area (Å²) >= 11 is 0. The maximum Gasteiger partial charge on any atom is 0.274 e. The highest BCUT2D eigenvalue weighted by atomic mass is 32.2. The molecule has 1 aromatic heterocycles. The lowest BCUT2D eigenvalue weighted by Crippen LogP contribution is -2.16. The lowest BCUT2D eigenvalue weighted by Gasteiger charge is -2.08. The van der Waals surface area contributed by atoms with Crippen molar-refractivity contribution in [3.8, 4) is 0 Å². The Morgan fingerprint density at radius 1 is 0.656 bits per heavy atom. The Bertz CT molecular complexity index is 1260. The van der Waals surface area contributed by atoms with Crippen LogP contribution in [0.15, 0.2) is 76.7 Å². The number of nitrogens with one attached hydrogen (secondary N) is 2. The van der Waals surface area contributed by atoms with Gasteiger partial charge in [-0.05, 0) is 60.7 Å². The van der Waals surface area contributed by atoms with E-state index in [0.717, 1.165) is 0 Å². The van der Waals surface area contributed by atoms with E-state index in [9.17, 15) is 26.4 Å². The molecule has 3 rings (SSSR count). The molecular formula is C19H17N5O6S2. The Balaban J connectivity index is 1.65. The van der Waals surface area contributed by atoms with Crippen molar-refractivity contribution in [3.63, 3.8) is 0 Å². The molecule has 0 saturated heterocycles. The van der Waals surface area contributed by atoms with Gasteiger partial charge in [0.1, 0.15) is 5.69 Å². The first kappa shape index (κ1) is 23.0. The molecule has 0 aliphatic carbocycles. The second kappa shape index (κ2) is 8.84. The van der Waals surface area contributed by atoms with Gasteiger partial charge in [0.25, 0.3) is 11.8 Å². The van der Waals surface area contributed by atoms with Crippen molar-refractivity contribution >= 4 is 43.2 Å². The molecule has 0 atom stereocenters. The summed E-state index contributed by atoms with van der Waals surface area (Å²) in [5.74, 6) is -1.09. The fourth-order valence-electron chi connectivity index (χ4n) is 2.52. The Morgan fingerprint density at radius 3 is 1.47 bits per heavy atom. The Labute approximate surface area is 183 Å². The molecule has 13 heteroatoms. The van der Waals surface area contributed by atoms with Gasteiger partial charge in [-0.25, -0.2) is 27.1 Å². The van der Waals surface area contributed by atoms with Crippen LogP contribution in [0.1, 0.15) is 20.8 Å². The zero-order valence-electron chi connectivity index (χ0n) is 16.2. The largest absolute Gasteiger partial charge is 0.322 e. The molecule has 0 radical (unpaired) electrons. The monoisotopic (exact) mass is 475 g/mol. The third kappa shape index (κ3) is 5.73. The third-order valence-corrected chi connectivity index (χ3v) is 6.00. The van der Waals surface area contributed by atoms with Crippen LogP contribution in [0.25, 0.3) is 0 Å². The maximum atomic E-state index is 12.3. The van der Waals surface area contributed by atoms with Gasteiger partial charge in [0, 0.05) is 17.6 Å². The third-order valence-electron chi connectivity index (χ3n) is 4.14. The topological polar surface area (TPSA) is 191 Å². The van der Waals surface area contributed by atoms with E-state index >= 15 is 0 Å².